The number of carbonyl (C=O) groups is 1. The Balaban J connectivity index is 1.64. The van der Waals surface area contributed by atoms with Crippen LogP contribution < -0.4 is 0 Å². The normalized spacial score (nSPS) is 15.9. The van der Waals surface area contributed by atoms with Crippen molar-refractivity contribution in [1.29, 1.82) is 0 Å². The molecule has 2 aromatic carbocycles. The average molecular weight is 411 g/mol. The van der Waals surface area contributed by atoms with Crippen LogP contribution in [0.15, 0.2) is 54.6 Å². The lowest BCUT2D eigenvalue weighted by Crippen LogP contribution is -2.51. The minimum Gasteiger partial charge on any atom is -0.338 e. The number of hydrogen-bond acceptors (Lipinski definition) is 5. The number of rotatable bonds is 8. The first-order valence-electron chi connectivity index (χ1n) is 10.6. The van der Waals surface area contributed by atoms with Crippen molar-refractivity contribution in [3.05, 3.63) is 75.8 Å². The summed E-state index contributed by atoms with van der Waals surface area (Å²) in [5.41, 5.74) is 2.07. The molecule has 1 amide bonds. The molecule has 0 spiro atoms. The van der Waals surface area contributed by atoms with Gasteiger partial charge < -0.3 is 4.90 Å². The van der Waals surface area contributed by atoms with E-state index in [2.05, 4.69) is 23.6 Å². The fourth-order valence-electron chi connectivity index (χ4n) is 4.06. The molecule has 1 aliphatic heterocycles. The van der Waals surface area contributed by atoms with Gasteiger partial charge in [0.05, 0.1) is 4.92 Å². The van der Waals surface area contributed by atoms with Crippen LogP contribution in [-0.4, -0.2) is 64.8 Å². The quantitative estimate of drug-likeness (QED) is 0.493. The van der Waals surface area contributed by atoms with Crippen LogP contribution in [0.3, 0.4) is 0 Å². The van der Waals surface area contributed by atoms with Gasteiger partial charge in [-0.15, -0.1) is 0 Å². The van der Waals surface area contributed by atoms with E-state index in [1.807, 2.05) is 41.3 Å². The molecular formula is C23H30N4O3. The van der Waals surface area contributed by atoms with E-state index < -0.39 is 0 Å². The van der Waals surface area contributed by atoms with E-state index in [1.54, 1.807) is 12.1 Å². The molecule has 0 aliphatic carbocycles. The van der Waals surface area contributed by atoms with Crippen molar-refractivity contribution >= 4 is 11.6 Å². The van der Waals surface area contributed by atoms with Gasteiger partial charge in [0.2, 0.25) is 5.91 Å². The van der Waals surface area contributed by atoms with Crippen molar-refractivity contribution < 1.29 is 9.72 Å². The molecule has 30 heavy (non-hydrogen) atoms. The number of carbonyl (C=O) groups excluding carboxylic acids is 1. The third-order valence-corrected chi connectivity index (χ3v) is 5.74. The Hall–Kier alpha value is -2.77. The van der Waals surface area contributed by atoms with Gasteiger partial charge in [-0.05, 0) is 24.2 Å². The third-order valence-electron chi connectivity index (χ3n) is 5.74. The van der Waals surface area contributed by atoms with E-state index in [0.717, 1.165) is 37.3 Å². The molecule has 0 N–H and O–H groups in total. The van der Waals surface area contributed by atoms with Crippen molar-refractivity contribution in [2.24, 2.45) is 0 Å². The minimum absolute atomic E-state index is 0.117. The van der Waals surface area contributed by atoms with Gasteiger partial charge in [0.25, 0.3) is 5.69 Å². The Kier molecular flexibility index (Phi) is 7.54. The maximum absolute atomic E-state index is 13.4. The van der Waals surface area contributed by atoms with Crippen LogP contribution in [0.25, 0.3) is 0 Å². The van der Waals surface area contributed by atoms with E-state index in [1.165, 1.54) is 6.07 Å². The summed E-state index contributed by atoms with van der Waals surface area (Å²) in [4.78, 5) is 30.5. The van der Waals surface area contributed by atoms with Gasteiger partial charge in [0, 0.05) is 44.9 Å². The SMILES string of the molecule is CCN(CC)C(C(=O)N1CCN(Cc2cccc([N+](=O)[O-])c2)CC1)c1ccccc1. The molecule has 7 nitrogen and oxygen atoms in total. The molecule has 1 fully saturated rings. The van der Waals surface area contributed by atoms with Crippen LogP contribution in [-0.2, 0) is 11.3 Å². The zero-order valence-corrected chi connectivity index (χ0v) is 17.7. The Morgan fingerprint density at radius 3 is 2.30 bits per heavy atom. The zero-order chi connectivity index (χ0) is 21.5. The van der Waals surface area contributed by atoms with Crippen LogP contribution in [0.5, 0.6) is 0 Å². The van der Waals surface area contributed by atoms with Crippen LogP contribution in [0.4, 0.5) is 5.69 Å². The van der Waals surface area contributed by atoms with Gasteiger partial charge in [-0.25, -0.2) is 0 Å². The molecule has 2 aromatic rings. The molecule has 7 heteroatoms. The summed E-state index contributed by atoms with van der Waals surface area (Å²) in [6.45, 7) is 9.30. The molecule has 1 unspecified atom stereocenters. The predicted molar refractivity (Wildman–Crippen MR) is 117 cm³/mol. The van der Waals surface area contributed by atoms with Crippen LogP contribution >= 0.6 is 0 Å². The van der Waals surface area contributed by atoms with Gasteiger partial charge >= 0.3 is 0 Å². The summed E-state index contributed by atoms with van der Waals surface area (Å²) < 4.78 is 0. The highest BCUT2D eigenvalue weighted by molar-refractivity contribution is 5.83. The molecule has 1 heterocycles. The Morgan fingerprint density at radius 1 is 1.03 bits per heavy atom. The number of nitrogens with zero attached hydrogens (tertiary/aromatic N) is 4. The monoisotopic (exact) mass is 410 g/mol. The highest BCUT2D eigenvalue weighted by Gasteiger charge is 2.31. The van der Waals surface area contributed by atoms with Gasteiger partial charge in [-0.2, -0.15) is 0 Å². The molecule has 0 saturated carbocycles. The van der Waals surface area contributed by atoms with E-state index in [9.17, 15) is 14.9 Å². The van der Waals surface area contributed by atoms with Gasteiger partial charge in [-0.3, -0.25) is 24.7 Å². The van der Waals surface area contributed by atoms with Crippen LogP contribution in [0, 0.1) is 10.1 Å². The molecule has 0 aromatic heterocycles. The molecular weight excluding hydrogens is 380 g/mol. The molecule has 0 radical (unpaired) electrons. The summed E-state index contributed by atoms with van der Waals surface area (Å²) >= 11 is 0. The first-order valence-corrected chi connectivity index (χ1v) is 10.6. The van der Waals surface area contributed by atoms with Gasteiger partial charge in [0.1, 0.15) is 6.04 Å². The lowest BCUT2D eigenvalue weighted by atomic mass is 10.0. The lowest BCUT2D eigenvalue weighted by Gasteiger charge is -2.39. The van der Waals surface area contributed by atoms with E-state index >= 15 is 0 Å². The number of non-ortho nitro benzene ring substituents is 1. The first-order chi connectivity index (χ1) is 14.5. The number of amides is 1. The predicted octanol–water partition coefficient (Wildman–Crippen LogP) is 3.32. The van der Waals surface area contributed by atoms with Crippen molar-refractivity contribution in [3.8, 4) is 0 Å². The lowest BCUT2D eigenvalue weighted by molar-refractivity contribution is -0.384. The van der Waals surface area contributed by atoms with Crippen molar-refractivity contribution in [2.45, 2.75) is 26.4 Å². The summed E-state index contributed by atoms with van der Waals surface area (Å²) in [6, 6.07) is 16.5. The van der Waals surface area contributed by atoms with E-state index in [-0.39, 0.29) is 22.6 Å². The van der Waals surface area contributed by atoms with Crippen LogP contribution in [0.2, 0.25) is 0 Å². The third kappa shape index (κ3) is 5.23. The Bertz CT molecular complexity index is 847. The minimum atomic E-state index is -0.364. The Labute approximate surface area is 178 Å². The average Bonchev–Trinajstić information content (AvgIpc) is 2.78. The summed E-state index contributed by atoms with van der Waals surface area (Å²) in [6.07, 6.45) is 0. The van der Waals surface area contributed by atoms with Crippen molar-refractivity contribution in [3.63, 3.8) is 0 Å². The topological polar surface area (TPSA) is 69.9 Å². The maximum atomic E-state index is 13.4. The largest absolute Gasteiger partial charge is 0.338 e. The number of piperazine rings is 1. The highest BCUT2D eigenvalue weighted by Crippen LogP contribution is 2.24. The van der Waals surface area contributed by atoms with Gasteiger partial charge in [-0.1, -0.05) is 56.3 Å². The standard InChI is InChI=1S/C23H30N4O3/c1-3-25(4-2)22(20-10-6-5-7-11-20)23(28)26-15-13-24(14-16-26)18-19-9-8-12-21(17-19)27(29)30/h5-12,17,22H,3-4,13-16,18H2,1-2H3. The Morgan fingerprint density at radius 2 is 1.70 bits per heavy atom. The highest BCUT2D eigenvalue weighted by atomic mass is 16.6. The second kappa shape index (κ2) is 10.3. The first kappa shape index (κ1) is 21.9. The van der Waals surface area contributed by atoms with E-state index in [4.69, 9.17) is 0 Å². The number of likely N-dealkylation sites (N-methyl/N-ethyl adjacent to an activating group) is 1. The molecule has 1 saturated heterocycles. The number of nitro benzene ring substituents is 1. The molecule has 1 aliphatic rings. The molecule has 160 valence electrons. The smallest absolute Gasteiger partial charge is 0.269 e. The second-order valence-electron chi connectivity index (χ2n) is 7.56. The summed E-state index contributed by atoms with van der Waals surface area (Å²) in [7, 11) is 0. The summed E-state index contributed by atoms with van der Waals surface area (Å²) in [5, 5.41) is 11.0. The molecule has 3 rings (SSSR count). The van der Waals surface area contributed by atoms with E-state index in [0.29, 0.717) is 19.6 Å². The van der Waals surface area contributed by atoms with Crippen LogP contribution in [0.1, 0.15) is 31.0 Å². The van der Waals surface area contributed by atoms with Crippen molar-refractivity contribution in [1.82, 2.24) is 14.7 Å². The molecule has 1 atom stereocenters. The van der Waals surface area contributed by atoms with Gasteiger partial charge in [0.15, 0.2) is 0 Å². The molecule has 0 bridgehead atoms. The van der Waals surface area contributed by atoms with Crippen molar-refractivity contribution in [2.75, 3.05) is 39.3 Å². The maximum Gasteiger partial charge on any atom is 0.269 e. The number of benzene rings is 2. The number of hydrogen-bond donors (Lipinski definition) is 0. The summed E-state index contributed by atoms with van der Waals surface area (Å²) in [5.74, 6) is 0.153. The second-order valence-corrected chi connectivity index (χ2v) is 7.56. The number of nitro groups is 1. The zero-order valence-electron chi connectivity index (χ0n) is 17.7. The fourth-order valence-corrected chi connectivity index (χ4v) is 4.06. The fraction of sp³-hybridized carbons (Fsp3) is 0.435.